The number of aliphatic hydroxyl groups is 1. The summed E-state index contributed by atoms with van der Waals surface area (Å²) >= 11 is 0. The van der Waals surface area contributed by atoms with E-state index in [1.807, 2.05) is 20.8 Å². The lowest BCUT2D eigenvalue weighted by molar-refractivity contribution is -0.123. The van der Waals surface area contributed by atoms with Crippen LogP contribution in [0.4, 0.5) is 0 Å². The maximum atomic E-state index is 11.5. The summed E-state index contributed by atoms with van der Waals surface area (Å²) in [5.74, 6) is 0.0467. The van der Waals surface area contributed by atoms with Gasteiger partial charge in [0.25, 0.3) is 0 Å². The molecule has 4 N–H and O–H groups in total. The molecule has 4 heteroatoms. The first kappa shape index (κ1) is 13.4. The van der Waals surface area contributed by atoms with E-state index >= 15 is 0 Å². The summed E-state index contributed by atoms with van der Waals surface area (Å²) in [5, 5.41) is 11.4. The summed E-state index contributed by atoms with van der Waals surface area (Å²) in [5.41, 5.74) is 5.68. The van der Waals surface area contributed by atoms with Crippen LogP contribution in [0.2, 0.25) is 0 Å². The molecule has 0 bridgehead atoms. The van der Waals surface area contributed by atoms with Crippen LogP contribution in [-0.2, 0) is 4.79 Å². The van der Waals surface area contributed by atoms with Crippen molar-refractivity contribution in [2.75, 3.05) is 6.61 Å². The second-order valence-electron chi connectivity index (χ2n) is 4.05. The number of rotatable bonds is 6. The van der Waals surface area contributed by atoms with E-state index in [4.69, 9.17) is 10.8 Å². The predicted molar refractivity (Wildman–Crippen MR) is 56.7 cm³/mol. The number of carbonyl (C=O) groups excluding carboxylic acids is 1. The highest BCUT2D eigenvalue weighted by Crippen LogP contribution is 2.00. The van der Waals surface area contributed by atoms with Gasteiger partial charge in [0.15, 0.2) is 0 Å². The first-order valence-electron chi connectivity index (χ1n) is 5.15. The van der Waals surface area contributed by atoms with Crippen molar-refractivity contribution in [2.24, 2.45) is 11.7 Å². The minimum absolute atomic E-state index is 0.0828. The van der Waals surface area contributed by atoms with Crippen molar-refractivity contribution in [3.8, 4) is 0 Å². The van der Waals surface area contributed by atoms with Gasteiger partial charge in [0.05, 0.1) is 6.04 Å². The molecule has 0 aliphatic heterocycles. The lowest BCUT2D eigenvalue weighted by Crippen LogP contribution is -2.47. The number of carbonyl (C=O) groups is 1. The fourth-order valence-corrected chi connectivity index (χ4v) is 1.11. The van der Waals surface area contributed by atoms with Gasteiger partial charge in [-0.1, -0.05) is 13.8 Å². The summed E-state index contributed by atoms with van der Waals surface area (Å²) in [6, 6.07) is -0.356. The van der Waals surface area contributed by atoms with E-state index in [1.54, 1.807) is 0 Å². The normalized spacial score (nSPS) is 15.3. The van der Waals surface area contributed by atoms with Gasteiger partial charge < -0.3 is 16.2 Å². The molecule has 1 amide bonds. The van der Waals surface area contributed by atoms with Crippen molar-refractivity contribution in [2.45, 2.75) is 45.7 Å². The molecule has 0 rings (SSSR count). The average molecular weight is 202 g/mol. The average Bonchev–Trinajstić information content (AvgIpc) is 2.13. The van der Waals surface area contributed by atoms with Crippen LogP contribution in [0.25, 0.3) is 0 Å². The summed E-state index contributed by atoms with van der Waals surface area (Å²) in [6.07, 6.45) is 1.49. The van der Waals surface area contributed by atoms with Crippen LogP contribution < -0.4 is 11.1 Å². The molecule has 4 nitrogen and oxygen atoms in total. The van der Waals surface area contributed by atoms with Crippen molar-refractivity contribution < 1.29 is 9.90 Å². The van der Waals surface area contributed by atoms with Gasteiger partial charge in [-0.2, -0.15) is 0 Å². The Balaban J connectivity index is 3.81. The molecule has 0 aromatic heterocycles. The molecule has 0 spiro atoms. The van der Waals surface area contributed by atoms with Gasteiger partial charge in [-0.05, 0) is 25.7 Å². The first-order chi connectivity index (χ1) is 6.49. The highest BCUT2D eigenvalue weighted by molar-refractivity contribution is 5.81. The zero-order valence-electron chi connectivity index (χ0n) is 9.29. The number of hydrogen-bond donors (Lipinski definition) is 3. The smallest absolute Gasteiger partial charge is 0.237 e. The Bertz CT molecular complexity index is 172. The van der Waals surface area contributed by atoms with Gasteiger partial charge >= 0.3 is 0 Å². The second-order valence-corrected chi connectivity index (χ2v) is 4.05. The second kappa shape index (κ2) is 6.79. The number of amides is 1. The molecule has 0 saturated carbocycles. The van der Waals surface area contributed by atoms with Gasteiger partial charge in [-0.15, -0.1) is 0 Å². The van der Waals surface area contributed by atoms with Crippen molar-refractivity contribution in [3.05, 3.63) is 0 Å². The molecule has 0 aromatic carbocycles. The third-order valence-corrected chi connectivity index (χ3v) is 2.20. The topological polar surface area (TPSA) is 75.3 Å². The van der Waals surface area contributed by atoms with Gasteiger partial charge in [0.2, 0.25) is 5.91 Å². The van der Waals surface area contributed by atoms with Crippen LogP contribution >= 0.6 is 0 Å². The number of aliphatic hydroxyl groups excluding tert-OH is 1. The Morgan fingerprint density at radius 3 is 2.43 bits per heavy atom. The largest absolute Gasteiger partial charge is 0.396 e. The molecule has 0 aliphatic carbocycles. The van der Waals surface area contributed by atoms with Crippen molar-refractivity contribution in [1.29, 1.82) is 0 Å². The van der Waals surface area contributed by atoms with E-state index < -0.39 is 6.04 Å². The number of nitrogens with one attached hydrogen (secondary N) is 1. The molecule has 0 aromatic rings. The van der Waals surface area contributed by atoms with Crippen LogP contribution in [0.3, 0.4) is 0 Å². The zero-order valence-corrected chi connectivity index (χ0v) is 9.29. The molecular weight excluding hydrogens is 180 g/mol. The highest BCUT2D eigenvalue weighted by Gasteiger charge is 2.18. The quantitative estimate of drug-likeness (QED) is 0.578. The summed E-state index contributed by atoms with van der Waals surface area (Å²) in [7, 11) is 0. The Morgan fingerprint density at radius 2 is 2.00 bits per heavy atom. The Labute approximate surface area is 85.9 Å². The maximum Gasteiger partial charge on any atom is 0.237 e. The fourth-order valence-electron chi connectivity index (χ4n) is 1.11. The number of nitrogens with two attached hydrogens (primary N) is 1. The van der Waals surface area contributed by atoms with Crippen molar-refractivity contribution >= 4 is 5.91 Å². The lowest BCUT2D eigenvalue weighted by atomic mass is 10.0. The van der Waals surface area contributed by atoms with E-state index in [0.717, 1.165) is 6.42 Å². The summed E-state index contributed by atoms with van der Waals surface area (Å²) in [4.78, 5) is 11.5. The van der Waals surface area contributed by atoms with E-state index in [1.165, 1.54) is 0 Å². The van der Waals surface area contributed by atoms with Gasteiger partial charge in [0.1, 0.15) is 0 Å². The standard InChI is InChI=1S/C10H22N2O2/c1-7(2)9(11)10(14)12-8(3)5-4-6-13/h7-9,13H,4-6,11H2,1-3H3,(H,12,14)/t8?,9-/m0/s1. The molecular formula is C10H22N2O2. The van der Waals surface area contributed by atoms with E-state index in [2.05, 4.69) is 5.32 Å². The monoisotopic (exact) mass is 202 g/mol. The molecule has 14 heavy (non-hydrogen) atoms. The molecule has 84 valence electrons. The van der Waals surface area contributed by atoms with Crippen LogP contribution in [0.15, 0.2) is 0 Å². The van der Waals surface area contributed by atoms with Gasteiger partial charge in [-0.25, -0.2) is 0 Å². The maximum absolute atomic E-state index is 11.5. The predicted octanol–water partition coefficient (Wildman–Crippen LogP) is 0.247. The van der Waals surface area contributed by atoms with Crippen LogP contribution in [0.5, 0.6) is 0 Å². The molecule has 0 fully saturated rings. The first-order valence-corrected chi connectivity index (χ1v) is 5.15. The minimum Gasteiger partial charge on any atom is -0.396 e. The van der Waals surface area contributed by atoms with Crippen molar-refractivity contribution in [3.63, 3.8) is 0 Å². The summed E-state index contributed by atoms with van der Waals surface area (Å²) < 4.78 is 0. The SMILES string of the molecule is CC(CCCO)NC(=O)[C@@H](N)C(C)C. The lowest BCUT2D eigenvalue weighted by Gasteiger charge is -2.19. The summed E-state index contributed by atoms with van der Waals surface area (Å²) in [6.45, 7) is 5.92. The Hall–Kier alpha value is -0.610. The third kappa shape index (κ3) is 5.19. The fraction of sp³-hybridized carbons (Fsp3) is 0.900. The molecule has 2 atom stereocenters. The Kier molecular flexibility index (Phi) is 6.49. The molecule has 1 unspecified atom stereocenters. The minimum atomic E-state index is -0.438. The Morgan fingerprint density at radius 1 is 1.43 bits per heavy atom. The third-order valence-electron chi connectivity index (χ3n) is 2.20. The highest BCUT2D eigenvalue weighted by atomic mass is 16.2. The molecule has 0 radical (unpaired) electrons. The van der Waals surface area contributed by atoms with Crippen molar-refractivity contribution in [1.82, 2.24) is 5.32 Å². The van der Waals surface area contributed by atoms with E-state index in [0.29, 0.717) is 6.42 Å². The van der Waals surface area contributed by atoms with E-state index in [-0.39, 0.29) is 24.5 Å². The molecule has 0 aliphatic rings. The van der Waals surface area contributed by atoms with Crippen LogP contribution in [-0.4, -0.2) is 29.7 Å². The van der Waals surface area contributed by atoms with Crippen LogP contribution in [0.1, 0.15) is 33.6 Å². The van der Waals surface area contributed by atoms with Crippen LogP contribution in [0, 0.1) is 5.92 Å². The van der Waals surface area contributed by atoms with Gasteiger partial charge in [-0.3, -0.25) is 4.79 Å². The van der Waals surface area contributed by atoms with Gasteiger partial charge in [0, 0.05) is 12.6 Å². The number of hydrogen-bond acceptors (Lipinski definition) is 3. The van der Waals surface area contributed by atoms with E-state index in [9.17, 15) is 4.79 Å². The molecule has 0 heterocycles. The molecule has 0 saturated heterocycles. The zero-order chi connectivity index (χ0) is 11.1.